The summed E-state index contributed by atoms with van der Waals surface area (Å²) in [5.74, 6) is 1.81. The lowest BCUT2D eigenvalue weighted by Gasteiger charge is -2.13. The topological polar surface area (TPSA) is 30.5 Å². The van der Waals surface area contributed by atoms with Crippen LogP contribution in [0.15, 0.2) is 54.6 Å². The summed E-state index contributed by atoms with van der Waals surface area (Å²) in [6.45, 7) is 5.59. The molecule has 0 aromatic heterocycles. The number of benzene rings is 2. The molecule has 2 aromatic carbocycles. The molecule has 0 bridgehead atoms. The highest BCUT2D eigenvalue weighted by Crippen LogP contribution is 2.17. The zero-order valence-electron chi connectivity index (χ0n) is 12.7. The highest BCUT2D eigenvalue weighted by atomic mass is 16.5. The molecule has 0 radical (unpaired) electrons. The van der Waals surface area contributed by atoms with Crippen LogP contribution >= 0.6 is 0 Å². The molecule has 0 aliphatic carbocycles. The van der Waals surface area contributed by atoms with E-state index in [9.17, 15) is 0 Å². The lowest BCUT2D eigenvalue weighted by molar-refractivity contribution is 0.217. The third-order valence-corrected chi connectivity index (χ3v) is 3.21. The van der Waals surface area contributed by atoms with Crippen molar-refractivity contribution in [1.82, 2.24) is 0 Å². The molecule has 21 heavy (non-hydrogen) atoms. The van der Waals surface area contributed by atoms with E-state index in [0.717, 1.165) is 30.2 Å². The van der Waals surface area contributed by atoms with Crippen LogP contribution in [0, 0.1) is 0 Å². The third-order valence-electron chi connectivity index (χ3n) is 3.21. The minimum Gasteiger partial charge on any atom is -0.492 e. The van der Waals surface area contributed by atoms with E-state index in [1.165, 1.54) is 0 Å². The molecule has 2 aromatic rings. The Balaban J connectivity index is 1.71. The van der Waals surface area contributed by atoms with Crippen molar-refractivity contribution in [3.8, 4) is 11.5 Å². The van der Waals surface area contributed by atoms with Crippen molar-refractivity contribution in [3.63, 3.8) is 0 Å². The number of hydrogen-bond donors (Lipinski definition) is 1. The smallest absolute Gasteiger partial charge is 0.119 e. The summed E-state index contributed by atoms with van der Waals surface area (Å²) < 4.78 is 11.4. The van der Waals surface area contributed by atoms with Crippen LogP contribution in [0.5, 0.6) is 11.5 Å². The Bertz CT molecular complexity index is 511. The number of rotatable bonds is 8. The summed E-state index contributed by atoms with van der Waals surface area (Å²) >= 11 is 0. The van der Waals surface area contributed by atoms with E-state index in [-0.39, 0.29) is 6.10 Å². The Kier molecular flexibility index (Phi) is 5.95. The molecule has 0 fully saturated rings. The van der Waals surface area contributed by atoms with Crippen LogP contribution in [0.3, 0.4) is 0 Å². The Hall–Kier alpha value is -2.16. The van der Waals surface area contributed by atoms with Gasteiger partial charge in [0.25, 0.3) is 0 Å². The molecule has 3 heteroatoms. The summed E-state index contributed by atoms with van der Waals surface area (Å²) in [4.78, 5) is 0. The SMILES string of the molecule is CCC(C)Oc1ccc(NCCOc2ccccc2)cc1. The third kappa shape index (κ3) is 5.38. The van der Waals surface area contributed by atoms with E-state index in [1.807, 2.05) is 54.6 Å². The molecular weight excluding hydrogens is 262 g/mol. The van der Waals surface area contributed by atoms with E-state index < -0.39 is 0 Å². The van der Waals surface area contributed by atoms with E-state index in [1.54, 1.807) is 0 Å². The number of ether oxygens (including phenoxy) is 2. The van der Waals surface area contributed by atoms with Crippen molar-refractivity contribution in [2.75, 3.05) is 18.5 Å². The Labute approximate surface area is 126 Å². The summed E-state index contributed by atoms with van der Waals surface area (Å²) in [7, 11) is 0. The lowest BCUT2D eigenvalue weighted by atomic mass is 10.3. The van der Waals surface area contributed by atoms with Crippen molar-refractivity contribution in [1.29, 1.82) is 0 Å². The van der Waals surface area contributed by atoms with Gasteiger partial charge in [0.15, 0.2) is 0 Å². The molecule has 0 aliphatic rings. The summed E-state index contributed by atoms with van der Waals surface area (Å²) in [6, 6.07) is 17.9. The molecule has 0 heterocycles. The molecule has 2 rings (SSSR count). The van der Waals surface area contributed by atoms with Gasteiger partial charge in [-0.1, -0.05) is 25.1 Å². The van der Waals surface area contributed by atoms with E-state index in [2.05, 4.69) is 19.2 Å². The Morgan fingerprint density at radius 2 is 1.67 bits per heavy atom. The molecule has 1 N–H and O–H groups in total. The minimum atomic E-state index is 0.253. The first kappa shape index (κ1) is 15.2. The predicted octanol–water partition coefficient (Wildman–Crippen LogP) is 4.35. The van der Waals surface area contributed by atoms with Crippen LogP contribution < -0.4 is 14.8 Å². The van der Waals surface area contributed by atoms with Crippen LogP contribution in [0.2, 0.25) is 0 Å². The van der Waals surface area contributed by atoms with Crippen LogP contribution in [0.1, 0.15) is 20.3 Å². The molecule has 0 amide bonds. The van der Waals surface area contributed by atoms with Crippen LogP contribution in [-0.4, -0.2) is 19.3 Å². The zero-order valence-corrected chi connectivity index (χ0v) is 12.7. The molecule has 1 atom stereocenters. The van der Waals surface area contributed by atoms with Crippen molar-refractivity contribution >= 4 is 5.69 Å². The Morgan fingerprint density at radius 1 is 0.952 bits per heavy atom. The maximum absolute atomic E-state index is 5.75. The maximum atomic E-state index is 5.75. The van der Waals surface area contributed by atoms with Gasteiger partial charge in [-0.2, -0.15) is 0 Å². The molecule has 0 spiro atoms. The summed E-state index contributed by atoms with van der Waals surface area (Å²) in [5, 5.41) is 3.33. The van der Waals surface area contributed by atoms with Crippen LogP contribution in [0.4, 0.5) is 5.69 Å². The Morgan fingerprint density at radius 3 is 2.33 bits per heavy atom. The molecule has 0 saturated carbocycles. The van der Waals surface area contributed by atoms with Crippen LogP contribution in [0.25, 0.3) is 0 Å². The molecule has 0 saturated heterocycles. The fourth-order valence-electron chi connectivity index (χ4n) is 1.85. The van der Waals surface area contributed by atoms with Gasteiger partial charge in [-0.25, -0.2) is 0 Å². The normalized spacial score (nSPS) is 11.7. The first-order chi connectivity index (χ1) is 10.3. The van der Waals surface area contributed by atoms with E-state index in [4.69, 9.17) is 9.47 Å². The van der Waals surface area contributed by atoms with E-state index >= 15 is 0 Å². The van der Waals surface area contributed by atoms with Gasteiger partial charge in [-0.3, -0.25) is 0 Å². The van der Waals surface area contributed by atoms with Crippen molar-refractivity contribution < 1.29 is 9.47 Å². The predicted molar refractivity (Wildman–Crippen MR) is 87.2 cm³/mol. The molecule has 3 nitrogen and oxygen atoms in total. The second-order valence-corrected chi connectivity index (χ2v) is 4.95. The first-order valence-corrected chi connectivity index (χ1v) is 7.46. The molecule has 1 unspecified atom stereocenters. The molecular formula is C18H23NO2. The van der Waals surface area contributed by atoms with Crippen molar-refractivity contribution in [3.05, 3.63) is 54.6 Å². The van der Waals surface area contributed by atoms with Crippen molar-refractivity contribution in [2.24, 2.45) is 0 Å². The van der Waals surface area contributed by atoms with Crippen LogP contribution in [-0.2, 0) is 0 Å². The summed E-state index contributed by atoms with van der Waals surface area (Å²) in [6.07, 6.45) is 1.26. The lowest BCUT2D eigenvalue weighted by Crippen LogP contribution is -2.12. The number of anilines is 1. The van der Waals surface area contributed by atoms with Gasteiger partial charge < -0.3 is 14.8 Å². The van der Waals surface area contributed by atoms with Gasteiger partial charge in [0.1, 0.15) is 18.1 Å². The van der Waals surface area contributed by atoms with Gasteiger partial charge in [0.2, 0.25) is 0 Å². The standard InChI is InChI=1S/C18H23NO2/c1-3-15(2)21-18-11-9-16(10-12-18)19-13-14-20-17-7-5-4-6-8-17/h4-12,15,19H,3,13-14H2,1-2H3. The maximum Gasteiger partial charge on any atom is 0.119 e. The van der Waals surface area contributed by atoms with Gasteiger partial charge in [-0.15, -0.1) is 0 Å². The largest absolute Gasteiger partial charge is 0.492 e. The van der Waals surface area contributed by atoms with Gasteiger partial charge in [-0.05, 0) is 49.7 Å². The second-order valence-electron chi connectivity index (χ2n) is 4.95. The van der Waals surface area contributed by atoms with Gasteiger partial charge in [0, 0.05) is 12.2 Å². The minimum absolute atomic E-state index is 0.253. The first-order valence-electron chi connectivity index (χ1n) is 7.46. The monoisotopic (exact) mass is 285 g/mol. The number of hydrogen-bond acceptors (Lipinski definition) is 3. The quantitative estimate of drug-likeness (QED) is 0.731. The second kappa shape index (κ2) is 8.20. The number of para-hydroxylation sites is 1. The number of nitrogens with one attached hydrogen (secondary N) is 1. The fraction of sp³-hybridized carbons (Fsp3) is 0.333. The average molecular weight is 285 g/mol. The van der Waals surface area contributed by atoms with Gasteiger partial charge >= 0.3 is 0 Å². The van der Waals surface area contributed by atoms with E-state index in [0.29, 0.717) is 6.61 Å². The van der Waals surface area contributed by atoms with Crippen molar-refractivity contribution in [2.45, 2.75) is 26.4 Å². The molecule has 112 valence electrons. The fourth-order valence-corrected chi connectivity index (χ4v) is 1.85. The highest BCUT2D eigenvalue weighted by molar-refractivity contribution is 5.46. The zero-order chi connectivity index (χ0) is 14.9. The summed E-state index contributed by atoms with van der Waals surface area (Å²) in [5.41, 5.74) is 1.07. The highest BCUT2D eigenvalue weighted by Gasteiger charge is 2.00. The molecule has 0 aliphatic heterocycles. The van der Waals surface area contributed by atoms with Gasteiger partial charge in [0.05, 0.1) is 6.10 Å². The average Bonchev–Trinajstić information content (AvgIpc) is 2.54.